The fraction of sp³-hybridized carbons (Fsp3) is 0.444. The van der Waals surface area contributed by atoms with Crippen LogP contribution in [0.3, 0.4) is 0 Å². The molecule has 0 atom stereocenters. The normalized spacial score (nSPS) is 17.8. The number of para-hydroxylation sites is 1. The summed E-state index contributed by atoms with van der Waals surface area (Å²) in [6.07, 6.45) is 6.23. The fourth-order valence-electron chi connectivity index (χ4n) is 3.57. The van der Waals surface area contributed by atoms with Gasteiger partial charge in [-0.1, -0.05) is 31.0 Å². The Kier molecular flexibility index (Phi) is 3.45. The molecule has 0 unspecified atom stereocenters. The quantitative estimate of drug-likeness (QED) is 0.934. The minimum Gasteiger partial charge on any atom is -0.367 e. The summed E-state index contributed by atoms with van der Waals surface area (Å²) in [4.78, 5) is 11.7. The van der Waals surface area contributed by atoms with Gasteiger partial charge in [-0.2, -0.15) is 4.98 Å². The molecule has 0 amide bonds. The lowest BCUT2D eigenvalue weighted by Gasteiger charge is -2.20. The van der Waals surface area contributed by atoms with Crippen LogP contribution in [0.1, 0.15) is 36.9 Å². The second-order valence-corrected chi connectivity index (χ2v) is 6.35. The van der Waals surface area contributed by atoms with E-state index in [9.17, 15) is 0 Å². The third-order valence-corrected chi connectivity index (χ3v) is 4.68. The summed E-state index contributed by atoms with van der Waals surface area (Å²) >= 11 is 0. The molecule has 4 rings (SSSR count). The zero-order valence-corrected chi connectivity index (χ0v) is 13.0. The minimum atomic E-state index is 0.577. The highest BCUT2D eigenvalue weighted by molar-refractivity contribution is 5.66. The van der Waals surface area contributed by atoms with Gasteiger partial charge >= 0.3 is 0 Å². The summed E-state index contributed by atoms with van der Waals surface area (Å²) < 4.78 is 0. The predicted octanol–water partition coefficient (Wildman–Crippen LogP) is 3.83. The molecule has 1 N–H and O–H groups in total. The number of hydrogen-bond donors (Lipinski definition) is 1. The van der Waals surface area contributed by atoms with Gasteiger partial charge in [-0.25, -0.2) is 4.98 Å². The zero-order chi connectivity index (χ0) is 14.9. The van der Waals surface area contributed by atoms with Crippen LogP contribution in [0.5, 0.6) is 0 Å². The van der Waals surface area contributed by atoms with Crippen LogP contribution in [0.2, 0.25) is 0 Å². The molecule has 0 spiro atoms. The highest BCUT2D eigenvalue weighted by Gasteiger charge is 2.23. The molecule has 0 saturated heterocycles. The fourth-order valence-corrected chi connectivity index (χ4v) is 3.57. The number of fused-ring (bicyclic) bond motifs is 1. The van der Waals surface area contributed by atoms with E-state index >= 15 is 0 Å². The molecule has 1 fully saturated rings. The van der Waals surface area contributed by atoms with Crippen molar-refractivity contribution < 1.29 is 0 Å². The van der Waals surface area contributed by atoms with E-state index in [1.165, 1.54) is 36.9 Å². The zero-order valence-electron chi connectivity index (χ0n) is 13.0. The maximum atomic E-state index is 4.78. The van der Waals surface area contributed by atoms with Crippen LogP contribution in [0, 0.1) is 6.92 Å². The molecule has 2 aliphatic rings. The molecule has 0 bridgehead atoms. The van der Waals surface area contributed by atoms with E-state index in [0.29, 0.717) is 6.04 Å². The first kappa shape index (κ1) is 13.6. The van der Waals surface area contributed by atoms with E-state index in [-0.39, 0.29) is 0 Å². The van der Waals surface area contributed by atoms with Crippen LogP contribution >= 0.6 is 0 Å². The number of nitrogens with one attached hydrogen (secondary N) is 1. The predicted molar refractivity (Wildman–Crippen MR) is 89.8 cm³/mol. The molecule has 1 saturated carbocycles. The lowest BCUT2D eigenvalue weighted by atomic mass is 10.2. The second-order valence-electron chi connectivity index (χ2n) is 6.35. The van der Waals surface area contributed by atoms with Crippen LogP contribution in [-0.2, 0) is 6.42 Å². The summed E-state index contributed by atoms with van der Waals surface area (Å²) in [5.74, 6) is 1.80. The highest BCUT2D eigenvalue weighted by atomic mass is 15.3. The standard InChI is InChI=1S/C18H22N4/c1-13-12-17(20-15-7-3-4-8-15)21-18(19-13)22-11-10-14-6-2-5-9-16(14)22/h2,5-6,9,12,15H,3-4,7-8,10-11H2,1H3,(H,19,20,21). The van der Waals surface area contributed by atoms with Crippen molar-refractivity contribution in [2.75, 3.05) is 16.8 Å². The van der Waals surface area contributed by atoms with Crippen molar-refractivity contribution in [1.82, 2.24) is 9.97 Å². The van der Waals surface area contributed by atoms with Gasteiger partial charge in [0.05, 0.1) is 0 Å². The highest BCUT2D eigenvalue weighted by Crippen LogP contribution is 2.33. The summed E-state index contributed by atoms with van der Waals surface area (Å²) in [5.41, 5.74) is 3.66. The molecule has 4 heteroatoms. The SMILES string of the molecule is Cc1cc(NC2CCCC2)nc(N2CCc3ccccc32)n1. The summed E-state index contributed by atoms with van der Waals surface area (Å²) in [7, 11) is 0. The topological polar surface area (TPSA) is 41.1 Å². The first-order valence-corrected chi connectivity index (χ1v) is 8.27. The largest absolute Gasteiger partial charge is 0.367 e. The molecular formula is C18H22N4. The van der Waals surface area contributed by atoms with Gasteiger partial charge in [-0.15, -0.1) is 0 Å². The number of aryl methyl sites for hydroxylation is 1. The molecule has 114 valence electrons. The van der Waals surface area contributed by atoms with Gasteiger partial charge < -0.3 is 10.2 Å². The average Bonchev–Trinajstić information content (AvgIpc) is 3.15. The third-order valence-electron chi connectivity index (χ3n) is 4.68. The average molecular weight is 294 g/mol. The van der Waals surface area contributed by atoms with Crippen LogP contribution in [0.25, 0.3) is 0 Å². The van der Waals surface area contributed by atoms with Gasteiger partial charge in [0, 0.05) is 30.0 Å². The molecule has 1 aliphatic carbocycles. The molecule has 1 aromatic carbocycles. The molecule has 2 heterocycles. The molecule has 1 aromatic heterocycles. The van der Waals surface area contributed by atoms with E-state index in [4.69, 9.17) is 4.98 Å². The monoisotopic (exact) mass is 294 g/mol. The molecule has 22 heavy (non-hydrogen) atoms. The van der Waals surface area contributed by atoms with Crippen molar-refractivity contribution >= 4 is 17.5 Å². The minimum absolute atomic E-state index is 0.577. The van der Waals surface area contributed by atoms with Crippen LogP contribution in [0.4, 0.5) is 17.5 Å². The first-order chi connectivity index (χ1) is 10.8. The maximum Gasteiger partial charge on any atom is 0.232 e. The summed E-state index contributed by atoms with van der Waals surface area (Å²) in [6.45, 7) is 3.01. The van der Waals surface area contributed by atoms with E-state index in [1.54, 1.807) is 0 Å². The molecule has 4 nitrogen and oxygen atoms in total. The lowest BCUT2D eigenvalue weighted by molar-refractivity contribution is 0.748. The van der Waals surface area contributed by atoms with Crippen molar-refractivity contribution in [2.45, 2.75) is 45.1 Å². The number of hydrogen-bond acceptors (Lipinski definition) is 4. The van der Waals surface area contributed by atoms with Gasteiger partial charge in [0.1, 0.15) is 5.82 Å². The van der Waals surface area contributed by atoms with Crippen molar-refractivity contribution in [2.24, 2.45) is 0 Å². The summed E-state index contributed by atoms with van der Waals surface area (Å²) in [6, 6.07) is 11.2. The van der Waals surface area contributed by atoms with Crippen LogP contribution < -0.4 is 10.2 Å². The Hall–Kier alpha value is -2.10. The number of benzene rings is 1. The molecule has 0 radical (unpaired) electrons. The summed E-state index contributed by atoms with van der Waals surface area (Å²) in [5, 5.41) is 3.59. The molecule has 1 aliphatic heterocycles. The Morgan fingerprint density at radius 3 is 2.82 bits per heavy atom. The van der Waals surface area contributed by atoms with Crippen molar-refractivity contribution in [1.29, 1.82) is 0 Å². The van der Waals surface area contributed by atoms with E-state index in [0.717, 1.165) is 30.4 Å². The number of nitrogens with zero attached hydrogens (tertiary/aromatic N) is 3. The van der Waals surface area contributed by atoms with E-state index in [1.807, 2.05) is 6.92 Å². The Balaban J connectivity index is 1.63. The number of aromatic nitrogens is 2. The van der Waals surface area contributed by atoms with Crippen LogP contribution in [0.15, 0.2) is 30.3 Å². The number of anilines is 3. The number of rotatable bonds is 3. The van der Waals surface area contributed by atoms with Crippen molar-refractivity contribution in [3.05, 3.63) is 41.6 Å². The van der Waals surface area contributed by atoms with Gasteiger partial charge in [0.15, 0.2) is 0 Å². The first-order valence-electron chi connectivity index (χ1n) is 8.27. The molecule has 2 aromatic rings. The Morgan fingerprint density at radius 1 is 1.14 bits per heavy atom. The maximum absolute atomic E-state index is 4.78. The van der Waals surface area contributed by atoms with Gasteiger partial charge in [0.2, 0.25) is 5.95 Å². The van der Waals surface area contributed by atoms with Gasteiger partial charge in [0.25, 0.3) is 0 Å². The Morgan fingerprint density at radius 2 is 1.95 bits per heavy atom. The smallest absolute Gasteiger partial charge is 0.232 e. The van der Waals surface area contributed by atoms with Crippen LogP contribution in [-0.4, -0.2) is 22.6 Å². The van der Waals surface area contributed by atoms with E-state index < -0.39 is 0 Å². The Bertz CT molecular complexity index is 677. The van der Waals surface area contributed by atoms with Crippen molar-refractivity contribution in [3.63, 3.8) is 0 Å². The lowest BCUT2D eigenvalue weighted by Crippen LogP contribution is -2.20. The third kappa shape index (κ3) is 2.54. The molecular weight excluding hydrogens is 272 g/mol. The van der Waals surface area contributed by atoms with E-state index in [2.05, 4.69) is 45.5 Å². The second kappa shape index (κ2) is 5.59. The van der Waals surface area contributed by atoms with Gasteiger partial charge in [-0.05, 0) is 37.8 Å². The Labute approximate surface area is 131 Å². The van der Waals surface area contributed by atoms with Crippen molar-refractivity contribution in [3.8, 4) is 0 Å². The van der Waals surface area contributed by atoms with Gasteiger partial charge in [-0.3, -0.25) is 0 Å².